The summed E-state index contributed by atoms with van der Waals surface area (Å²) in [5.41, 5.74) is 5.11. The Morgan fingerprint density at radius 3 is 2.74 bits per heavy atom. The van der Waals surface area contributed by atoms with Gasteiger partial charge in [0, 0.05) is 34.9 Å². The number of aryl methyl sites for hydroxylation is 2. The number of aromatic nitrogens is 2. The van der Waals surface area contributed by atoms with Gasteiger partial charge in [0.1, 0.15) is 0 Å². The molecule has 2 heterocycles. The maximum absolute atomic E-state index is 12.9. The van der Waals surface area contributed by atoms with Crippen LogP contribution in [-0.4, -0.2) is 21.7 Å². The standard InChI is InChI=1S/C22H23N3OS/c1-15(12-13-16-8-4-3-5-9-16)23-22(26)20-18-14-27-19-11-7-6-10-17(19)21(18)25(2)24-20/h3-11,15H,12-14H2,1-2H3,(H,23,26). The van der Waals surface area contributed by atoms with Gasteiger partial charge in [0.2, 0.25) is 0 Å². The Morgan fingerprint density at radius 2 is 1.93 bits per heavy atom. The van der Waals surface area contributed by atoms with Gasteiger partial charge in [0.15, 0.2) is 5.69 Å². The molecule has 5 heteroatoms. The maximum Gasteiger partial charge on any atom is 0.272 e. The molecule has 1 N–H and O–H groups in total. The van der Waals surface area contributed by atoms with Crippen LogP contribution in [0.1, 0.15) is 35.0 Å². The summed E-state index contributed by atoms with van der Waals surface area (Å²) in [5, 5.41) is 7.68. The van der Waals surface area contributed by atoms with E-state index in [0.717, 1.165) is 35.4 Å². The van der Waals surface area contributed by atoms with Crippen molar-refractivity contribution in [1.82, 2.24) is 15.1 Å². The summed E-state index contributed by atoms with van der Waals surface area (Å²) in [7, 11) is 1.92. The molecule has 138 valence electrons. The van der Waals surface area contributed by atoms with E-state index in [-0.39, 0.29) is 11.9 Å². The van der Waals surface area contributed by atoms with Gasteiger partial charge in [-0.2, -0.15) is 5.10 Å². The van der Waals surface area contributed by atoms with E-state index in [1.165, 1.54) is 10.5 Å². The minimum Gasteiger partial charge on any atom is -0.348 e. The van der Waals surface area contributed by atoms with Crippen LogP contribution in [0.15, 0.2) is 59.5 Å². The molecule has 0 bridgehead atoms. The summed E-state index contributed by atoms with van der Waals surface area (Å²) in [6.07, 6.45) is 1.86. The second-order valence-corrected chi connectivity index (χ2v) is 8.00. The van der Waals surface area contributed by atoms with Gasteiger partial charge in [-0.3, -0.25) is 9.48 Å². The number of nitrogens with zero attached hydrogens (tertiary/aromatic N) is 2. The SMILES string of the molecule is CC(CCc1ccccc1)NC(=O)c1nn(C)c2c1CSc1ccccc1-2. The summed E-state index contributed by atoms with van der Waals surface area (Å²) >= 11 is 1.77. The molecule has 4 nitrogen and oxygen atoms in total. The molecule has 0 saturated carbocycles. The van der Waals surface area contributed by atoms with Crippen molar-refractivity contribution in [2.24, 2.45) is 7.05 Å². The number of amides is 1. The first-order chi connectivity index (χ1) is 13.1. The Labute approximate surface area is 164 Å². The molecule has 0 saturated heterocycles. The lowest BCUT2D eigenvalue weighted by atomic mass is 10.0. The van der Waals surface area contributed by atoms with E-state index < -0.39 is 0 Å². The Bertz CT molecular complexity index is 965. The van der Waals surface area contributed by atoms with E-state index in [0.29, 0.717) is 5.69 Å². The van der Waals surface area contributed by atoms with Crippen molar-refractivity contribution in [3.05, 3.63) is 71.4 Å². The van der Waals surface area contributed by atoms with Crippen molar-refractivity contribution in [1.29, 1.82) is 0 Å². The molecule has 1 aliphatic rings. The topological polar surface area (TPSA) is 46.9 Å². The number of fused-ring (bicyclic) bond motifs is 3. The number of hydrogen-bond donors (Lipinski definition) is 1. The van der Waals surface area contributed by atoms with E-state index in [1.807, 2.05) is 36.0 Å². The normalized spacial score (nSPS) is 13.6. The minimum absolute atomic E-state index is 0.0765. The second-order valence-electron chi connectivity index (χ2n) is 6.98. The molecular weight excluding hydrogens is 354 g/mol. The quantitative estimate of drug-likeness (QED) is 0.715. The molecule has 1 unspecified atom stereocenters. The molecule has 1 amide bonds. The minimum atomic E-state index is -0.0765. The van der Waals surface area contributed by atoms with E-state index >= 15 is 0 Å². The Balaban J connectivity index is 1.49. The van der Waals surface area contributed by atoms with Crippen LogP contribution in [0, 0.1) is 0 Å². The van der Waals surface area contributed by atoms with E-state index in [1.54, 1.807) is 11.8 Å². The Morgan fingerprint density at radius 1 is 1.19 bits per heavy atom. The number of benzene rings is 2. The average Bonchev–Trinajstić information content (AvgIpc) is 3.04. The number of carbonyl (C=O) groups excluding carboxylic acids is 1. The van der Waals surface area contributed by atoms with Crippen LogP contribution in [0.5, 0.6) is 0 Å². The molecule has 1 atom stereocenters. The van der Waals surface area contributed by atoms with Gasteiger partial charge in [-0.25, -0.2) is 0 Å². The van der Waals surface area contributed by atoms with Gasteiger partial charge in [-0.1, -0.05) is 48.5 Å². The highest BCUT2D eigenvalue weighted by Crippen LogP contribution is 2.42. The highest BCUT2D eigenvalue weighted by molar-refractivity contribution is 7.98. The number of hydrogen-bond acceptors (Lipinski definition) is 3. The Hall–Kier alpha value is -2.53. The van der Waals surface area contributed by atoms with Gasteiger partial charge in [-0.05, 0) is 31.4 Å². The molecule has 0 fully saturated rings. The molecule has 4 rings (SSSR count). The van der Waals surface area contributed by atoms with Crippen LogP contribution in [0.2, 0.25) is 0 Å². The van der Waals surface area contributed by atoms with Crippen molar-refractivity contribution >= 4 is 17.7 Å². The zero-order valence-corrected chi connectivity index (χ0v) is 16.4. The predicted octanol–water partition coefficient (Wildman–Crippen LogP) is 4.44. The predicted molar refractivity (Wildman–Crippen MR) is 110 cm³/mol. The first kappa shape index (κ1) is 17.9. The molecular formula is C22H23N3OS. The number of thioether (sulfide) groups is 1. The van der Waals surface area contributed by atoms with Crippen LogP contribution in [0.4, 0.5) is 0 Å². The van der Waals surface area contributed by atoms with E-state index in [9.17, 15) is 4.79 Å². The zero-order chi connectivity index (χ0) is 18.8. The fraction of sp³-hybridized carbons (Fsp3) is 0.273. The maximum atomic E-state index is 12.9. The molecule has 3 aromatic rings. The van der Waals surface area contributed by atoms with Crippen LogP contribution >= 0.6 is 11.8 Å². The molecule has 0 spiro atoms. The summed E-state index contributed by atoms with van der Waals surface area (Å²) in [4.78, 5) is 14.1. The molecule has 2 aromatic carbocycles. The van der Waals surface area contributed by atoms with Crippen molar-refractivity contribution in [3.8, 4) is 11.3 Å². The summed E-state index contributed by atoms with van der Waals surface area (Å²) in [6, 6.07) is 18.8. The molecule has 1 aliphatic heterocycles. The third-order valence-corrected chi connectivity index (χ3v) is 6.06. The molecule has 0 radical (unpaired) electrons. The largest absolute Gasteiger partial charge is 0.348 e. The first-order valence-corrected chi connectivity index (χ1v) is 10.2. The van der Waals surface area contributed by atoms with E-state index in [4.69, 9.17) is 0 Å². The van der Waals surface area contributed by atoms with Gasteiger partial charge >= 0.3 is 0 Å². The van der Waals surface area contributed by atoms with Gasteiger partial charge < -0.3 is 5.32 Å². The fourth-order valence-corrected chi connectivity index (χ4v) is 4.62. The summed E-state index contributed by atoms with van der Waals surface area (Å²) < 4.78 is 1.84. The van der Waals surface area contributed by atoms with Crippen molar-refractivity contribution in [2.75, 3.05) is 0 Å². The lowest BCUT2D eigenvalue weighted by molar-refractivity contribution is 0.0932. The molecule has 0 aliphatic carbocycles. The first-order valence-electron chi connectivity index (χ1n) is 9.26. The van der Waals surface area contributed by atoms with E-state index in [2.05, 4.69) is 47.7 Å². The average molecular weight is 378 g/mol. The van der Waals surface area contributed by atoms with Crippen LogP contribution in [-0.2, 0) is 19.2 Å². The van der Waals surface area contributed by atoms with Crippen molar-refractivity contribution < 1.29 is 4.79 Å². The zero-order valence-electron chi connectivity index (χ0n) is 15.6. The summed E-state index contributed by atoms with van der Waals surface area (Å²) in [5.74, 6) is 0.703. The van der Waals surface area contributed by atoms with Gasteiger partial charge in [0.25, 0.3) is 5.91 Å². The van der Waals surface area contributed by atoms with Crippen LogP contribution < -0.4 is 5.32 Å². The smallest absolute Gasteiger partial charge is 0.272 e. The number of nitrogens with one attached hydrogen (secondary N) is 1. The van der Waals surface area contributed by atoms with Crippen LogP contribution in [0.3, 0.4) is 0 Å². The third kappa shape index (κ3) is 3.65. The fourth-order valence-electron chi connectivity index (χ4n) is 3.55. The lowest BCUT2D eigenvalue weighted by Gasteiger charge is -2.17. The molecule has 1 aromatic heterocycles. The number of rotatable bonds is 5. The van der Waals surface area contributed by atoms with Crippen molar-refractivity contribution in [3.63, 3.8) is 0 Å². The Kier molecular flexibility index (Phi) is 5.03. The monoisotopic (exact) mass is 377 g/mol. The van der Waals surface area contributed by atoms with Crippen LogP contribution in [0.25, 0.3) is 11.3 Å². The lowest BCUT2D eigenvalue weighted by Crippen LogP contribution is -2.33. The number of carbonyl (C=O) groups is 1. The second kappa shape index (κ2) is 7.61. The third-order valence-electron chi connectivity index (χ3n) is 4.96. The highest BCUT2D eigenvalue weighted by atomic mass is 32.2. The summed E-state index contributed by atoms with van der Waals surface area (Å²) in [6.45, 7) is 2.06. The molecule has 27 heavy (non-hydrogen) atoms. The van der Waals surface area contributed by atoms with Gasteiger partial charge in [-0.15, -0.1) is 11.8 Å². The highest BCUT2D eigenvalue weighted by Gasteiger charge is 2.27. The van der Waals surface area contributed by atoms with Gasteiger partial charge in [0.05, 0.1) is 5.69 Å². The van der Waals surface area contributed by atoms with Crippen molar-refractivity contribution in [2.45, 2.75) is 36.5 Å².